The fraction of sp³-hybridized carbons (Fsp3) is 0.381. The highest BCUT2D eigenvalue weighted by Gasteiger charge is 2.21. The molecule has 0 aliphatic heterocycles. The van der Waals surface area contributed by atoms with Crippen molar-refractivity contribution in [1.82, 2.24) is 5.32 Å². The van der Waals surface area contributed by atoms with Crippen LogP contribution in [0.2, 0.25) is 0 Å². The van der Waals surface area contributed by atoms with Gasteiger partial charge in [-0.1, -0.05) is 44.2 Å². The summed E-state index contributed by atoms with van der Waals surface area (Å²) in [6.45, 7) is 6.08. The zero-order valence-corrected chi connectivity index (χ0v) is 16.6. The smallest absolute Gasteiger partial charge is 0.273 e. The number of rotatable bonds is 9. The maximum absolute atomic E-state index is 12.7. The van der Waals surface area contributed by atoms with Gasteiger partial charge in [0.2, 0.25) is 5.91 Å². The summed E-state index contributed by atoms with van der Waals surface area (Å²) in [7, 11) is 1.41. The van der Waals surface area contributed by atoms with E-state index in [1.165, 1.54) is 25.3 Å². The maximum Gasteiger partial charge on any atom is 0.273 e. The second-order valence-corrected chi connectivity index (χ2v) is 7.11. The molecule has 0 aliphatic rings. The standard InChI is InChI=1S/C21H27N3O4/c1-14(2)12-19(16-8-6-5-7-9-16)22-15(3)21(25)23-18-11-10-17(24(26)27)13-20(18)28-4/h5-11,13-15,19,22H,12H2,1-4H3,(H,23,25)/t15-,19+/m0/s1. The Morgan fingerprint density at radius 3 is 2.39 bits per heavy atom. The molecule has 0 spiro atoms. The number of nitro groups is 1. The Morgan fingerprint density at radius 2 is 1.82 bits per heavy atom. The number of carbonyl (C=O) groups is 1. The molecule has 0 saturated heterocycles. The monoisotopic (exact) mass is 385 g/mol. The minimum atomic E-state index is -0.505. The highest BCUT2D eigenvalue weighted by Crippen LogP contribution is 2.29. The Balaban J connectivity index is 2.11. The largest absolute Gasteiger partial charge is 0.494 e. The number of hydrogen-bond acceptors (Lipinski definition) is 5. The summed E-state index contributed by atoms with van der Waals surface area (Å²) in [5.41, 5.74) is 1.43. The SMILES string of the molecule is COc1cc([N+](=O)[O-])ccc1NC(=O)[C@H](C)N[C@H](CC(C)C)c1ccccc1. The predicted molar refractivity (Wildman–Crippen MR) is 110 cm³/mol. The first kappa shape index (κ1) is 21.4. The van der Waals surface area contributed by atoms with Crippen molar-refractivity contribution in [2.45, 2.75) is 39.3 Å². The van der Waals surface area contributed by atoms with E-state index in [1.54, 1.807) is 6.92 Å². The number of carbonyl (C=O) groups excluding carboxylic acids is 1. The van der Waals surface area contributed by atoms with Crippen LogP contribution in [0.15, 0.2) is 48.5 Å². The van der Waals surface area contributed by atoms with Crippen LogP contribution in [0.5, 0.6) is 5.75 Å². The first-order valence-corrected chi connectivity index (χ1v) is 9.26. The number of amides is 1. The minimum absolute atomic E-state index is 0.0423. The average molecular weight is 385 g/mol. The summed E-state index contributed by atoms with van der Waals surface area (Å²) in [6.07, 6.45) is 0.891. The number of nitrogens with zero attached hydrogens (tertiary/aromatic N) is 1. The molecule has 0 aromatic heterocycles. The first-order valence-electron chi connectivity index (χ1n) is 9.26. The summed E-state index contributed by atoms with van der Waals surface area (Å²) in [5.74, 6) is 0.469. The van der Waals surface area contributed by atoms with Crippen LogP contribution in [-0.2, 0) is 4.79 Å². The van der Waals surface area contributed by atoms with Crippen LogP contribution in [0.1, 0.15) is 38.8 Å². The summed E-state index contributed by atoms with van der Waals surface area (Å²) in [6, 6.07) is 13.7. The quantitative estimate of drug-likeness (QED) is 0.496. The zero-order chi connectivity index (χ0) is 20.7. The van der Waals surface area contributed by atoms with Gasteiger partial charge in [0, 0.05) is 12.1 Å². The Bertz CT molecular complexity index is 809. The van der Waals surface area contributed by atoms with Crippen LogP contribution >= 0.6 is 0 Å². The van der Waals surface area contributed by atoms with Gasteiger partial charge in [0.05, 0.1) is 29.8 Å². The molecule has 150 valence electrons. The topological polar surface area (TPSA) is 93.5 Å². The molecule has 28 heavy (non-hydrogen) atoms. The van der Waals surface area contributed by atoms with Crippen molar-refractivity contribution in [2.75, 3.05) is 12.4 Å². The van der Waals surface area contributed by atoms with Crippen molar-refractivity contribution in [3.8, 4) is 5.75 Å². The number of nitro benzene ring substituents is 1. The van der Waals surface area contributed by atoms with Gasteiger partial charge in [-0.15, -0.1) is 0 Å². The summed E-state index contributed by atoms with van der Waals surface area (Å²) < 4.78 is 5.18. The summed E-state index contributed by atoms with van der Waals surface area (Å²) in [4.78, 5) is 23.1. The molecule has 7 nitrogen and oxygen atoms in total. The van der Waals surface area contributed by atoms with Crippen LogP contribution in [0.25, 0.3) is 0 Å². The van der Waals surface area contributed by atoms with Gasteiger partial charge >= 0.3 is 0 Å². The molecule has 0 unspecified atom stereocenters. The first-order chi connectivity index (χ1) is 13.3. The van der Waals surface area contributed by atoms with Crippen molar-refractivity contribution in [3.63, 3.8) is 0 Å². The number of methoxy groups -OCH3 is 1. The van der Waals surface area contributed by atoms with Gasteiger partial charge in [-0.2, -0.15) is 0 Å². The zero-order valence-electron chi connectivity index (χ0n) is 16.6. The highest BCUT2D eigenvalue weighted by atomic mass is 16.6. The molecule has 2 atom stereocenters. The van der Waals surface area contributed by atoms with E-state index < -0.39 is 11.0 Å². The number of ether oxygens (including phenoxy) is 1. The second kappa shape index (κ2) is 9.85. The van der Waals surface area contributed by atoms with Gasteiger partial charge in [0.15, 0.2) is 0 Å². The molecular weight excluding hydrogens is 358 g/mol. The number of hydrogen-bond donors (Lipinski definition) is 2. The van der Waals surface area contributed by atoms with Crippen LogP contribution in [0, 0.1) is 16.0 Å². The molecule has 0 aliphatic carbocycles. The van der Waals surface area contributed by atoms with Crippen molar-refractivity contribution in [3.05, 3.63) is 64.2 Å². The van der Waals surface area contributed by atoms with Gasteiger partial charge in [-0.3, -0.25) is 20.2 Å². The van der Waals surface area contributed by atoms with E-state index in [4.69, 9.17) is 4.74 Å². The summed E-state index contributed by atoms with van der Waals surface area (Å²) in [5, 5.41) is 17.1. The molecular formula is C21H27N3O4. The van der Waals surface area contributed by atoms with Gasteiger partial charge in [-0.05, 0) is 30.9 Å². The third-order valence-corrected chi connectivity index (χ3v) is 4.41. The lowest BCUT2D eigenvalue weighted by molar-refractivity contribution is -0.384. The third kappa shape index (κ3) is 5.79. The lowest BCUT2D eigenvalue weighted by Crippen LogP contribution is -2.40. The second-order valence-electron chi connectivity index (χ2n) is 7.11. The molecule has 2 N–H and O–H groups in total. The Kier molecular flexibility index (Phi) is 7.52. The minimum Gasteiger partial charge on any atom is -0.494 e. The molecule has 0 radical (unpaired) electrons. The van der Waals surface area contributed by atoms with E-state index in [2.05, 4.69) is 24.5 Å². The van der Waals surface area contributed by atoms with Crippen molar-refractivity contribution < 1.29 is 14.5 Å². The van der Waals surface area contributed by atoms with E-state index in [1.807, 2.05) is 30.3 Å². The van der Waals surface area contributed by atoms with Gasteiger partial charge in [-0.25, -0.2) is 0 Å². The van der Waals surface area contributed by atoms with Crippen LogP contribution in [0.3, 0.4) is 0 Å². The molecule has 0 bridgehead atoms. The molecule has 2 rings (SSSR count). The number of benzene rings is 2. The van der Waals surface area contributed by atoms with E-state index in [-0.39, 0.29) is 23.4 Å². The molecule has 2 aromatic carbocycles. The fourth-order valence-corrected chi connectivity index (χ4v) is 2.97. The van der Waals surface area contributed by atoms with Gasteiger partial charge in [0.25, 0.3) is 5.69 Å². The fourth-order valence-electron chi connectivity index (χ4n) is 2.97. The van der Waals surface area contributed by atoms with Gasteiger partial charge in [0.1, 0.15) is 5.75 Å². The molecule has 0 heterocycles. The van der Waals surface area contributed by atoms with Crippen molar-refractivity contribution in [2.24, 2.45) is 5.92 Å². The van der Waals surface area contributed by atoms with E-state index in [0.717, 1.165) is 12.0 Å². The molecule has 7 heteroatoms. The predicted octanol–water partition coefficient (Wildman–Crippen LogP) is 4.31. The van der Waals surface area contributed by atoms with Crippen LogP contribution in [0.4, 0.5) is 11.4 Å². The normalized spacial score (nSPS) is 13.0. The molecule has 2 aromatic rings. The maximum atomic E-state index is 12.7. The molecule has 0 saturated carbocycles. The van der Waals surface area contributed by atoms with Crippen molar-refractivity contribution in [1.29, 1.82) is 0 Å². The average Bonchev–Trinajstić information content (AvgIpc) is 2.67. The number of nitrogens with one attached hydrogen (secondary N) is 2. The Hall–Kier alpha value is -2.93. The summed E-state index contributed by atoms with van der Waals surface area (Å²) >= 11 is 0. The highest BCUT2D eigenvalue weighted by molar-refractivity contribution is 5.96. The Labute approximate surface area is 165 Å². The van der Waals surface area contributed by atoms with E-state index in [0.29, 0.717) is 11.6 Å². The van der Waals surface area contributed by atoms with Gasteiger partial charge < -0.3 is 10.1 Å². The number of non-ortho nitro benzene ring substituents is 1. The third-order valence-electron chi connectivity index (χ3n) is 4.41. The lowest BCUT2D eigenvalue weighted by atomic mass is 9.96. The molecule has 0 fully saturated rings. The Morgan fingerprint density at radius 1 is 1.14 bits per heavy atom. The van der Waals surface area contributed by atoms with Crippen molar-refractivity contribution >= 4 is 17.3 Å². The van der Waals surface area contributed by atoms with E-state index in [9.17, 15) is 14.9 Å². The van der Waals surface area contributed by atoms with E-state index >= 15 is 0 Å². The lowest BCUT2D eigenvalue weighted by Gasteiger charge is -2.25. The van der Waals surface area contributed by atoms with Crippen LogP contribution in [-0.4, -0.2) is 24.0 Å². The van der Waals surface area contributed by atoms with Crippen LogP contribution < -0.4 is 15.4 Å². The molecule has 1 amide bonds. The number of anilines is 1.